The number of carbonyl (C=O) groups excluding carboxylic acids is 1. The maximum atomic E-state index is 12.3. The van der Waals surface area contributed by atoms with Crippen LogP contribution in [0.3, 0.4) is 0 Å². The van der Waals surface area contributed by atoms with Crippen LogP contribution < -0.4 is 14.8 Å². The number of nitrogens with one attached hydrogen (secondary N) is 1. The quantitative estimate of drug-likeness (QED) is 0.787. The van der Waals surface area contributed by atoms with Crippen LogP contribution in [0.5, 0.6) is 11.5 Å². The van der Waals surface area contributed by atoms with Crippen LogP contribution in [0.15, 0.2) is 46.9 Å². The van der Waals surface area contributed by atoms with Gasteiger partial charge in [0.05, 0.1) is 0 Å². The Hall–Kier alpha value is -2.05. The van der Waals surface area contributed by atoms with Crippen molar-refractivity contribution in [3.8, 4) is 11.5 Å². The first kappa shape index (κ1) is 17.4. The topological polar surface area (TPSA) is 50.8 Å². The van der Waals surface area contributed by atoms with Gasteiger partial charge >= 0.3 is 0 Å². The van der Waals surface area contributed by atoms with E-state index in [1.54, 1.807) is 0 Å². The summed E-state index contributed by atoms with van der Waals surface area (Å²) >= 11 is 3.42. The molecule has 5 nitrogen and oxygen atoms in total. The molecule has 0 radical (unpaired) electrons. The molecule has 6 heteroatoms. The zero-order chi connectivity index (χ0) is 17.9. The van der Waals surface area contributed by atoms with Crippen molar-refractivity contribution in [3.05, 3.63) is 52.5 Å². The van der Waals surface area contributed by atoms with Crippen molar-refractivity contribution < 1.29 is 14.3 Å². The summed E-state index contributed by atoms with van der Waals surface area (Å²) in [6.45, 7) is 2.06. The second kappa shape index (κ2) is 7.68. The van der Waals surface area contributed by atoms with Gasteiger partial charge in [-0.25, -0.2) is 0 Å². The fourth-order valence-electron chi connectivity index (χ4n) is 3.63. The van der Waals surface area contributed by atoms with Crippen molar-refractivity contribution >= 4 is 27.5 Å². The molecule has 1 atom stereocenters. The van der Waals surface area contributed by atoms with E-state index in [0.717, 1.165) is 47.6 Å². The predicted octanol–water partition coefficient (Wildman–Crippen LogP) is 4.34. The van der Waals surface area contributed by atoms with Crippen LogP contribution in [-0.4, -0.2) is 30.7 Å². The summed E-state index contributed by atoms with van der Waals surface area (Å²) in [5, 5.41) is 2.96. The minimum Gasteiger partial charge on any atom is -0.454 e. The summed E-state index contributed by atoms with van der Waals surface area (Å²) in [6, 6.07) is 14.2. The van der Waals surface area contributed by atoms with Gasteiger partial charge in [0.2, 0.25) is 12.7 Å². The second-order valence-corrected chi connectivity index (χ2v) is 7.53. The molecule has 136 valence electrons. The Morgan fingerprint density at radius 2 is 2.08 bits per heavy atom. The van der Waals surface area contributed by atoms with Gasteiger partial charge in [0.25, 0.3) is 0 Å². The number of halogens is 1. The monoisotopic (exact) mass is 416 g/mol. The summed E-state index contributed by atoms with van der Waals surface area (Å²) in [7, 11) is 0. The molecule has 1 unspecified atom stereocenters. The number of ether oxygens (including phenoxy) is 2. The highest BCUT2D eigenvalue weighted by atomic mass is 79.9. The third kappa shape index (κ3) is 3.86. The molecule has 0 bridgehead atoms. The number of fused-ring (bicyclic) bond motifs is 1. The highest BCUT2D eigenvalue weighted by molar-refractivity contribution is 9.10. The summed E-state index contributed by atoms with van der Waals surface area (Å²) in [5.74, 6) is 1.67. The largest absolute Gasteiger partial charge is 0.454 e. The van der Waals surface area contributed by atoms with E-state index in [4.69, 9.17) is 9.47 Å². The number of carbonyl (C=O) groups is 1. The Bertz CT molecular complexity index is 811. The molecule has 0 spiro atoms. The second-order valence-electron chi connectivity index (χ2n) is 6.62. The smallest absolute Gasteiger partial charge is 0.231 e. The zero-order valence-electron chi connectivity index (χ0n) is 14.4. The van der Waals surface area contributed by atoms with Crippen molar-refractivity contribution in [1.29, 1.82) is 0 Å². The lowest BCUT2D eigenvalue weighted by Gasteiger charge is -2.24. The number of anilines is 1. The van der Waals surface area contributed by atoms with Crippen LogP contribution in [0, 0.1) is 0 Å². The molecule has 26 heavy (non-hydrogen) atoms. The molecule has 0 aliphatic carbocycles. The lowest BCUT2D eigenvalue weighted by molar-refractivity contribution is -0.116. The molecule has 0 aromatic heterocycles. The number of amides is 1. The molecule has 0 saturated carbocycles. The van der Waals surface area contributed by atoms with Crippen LogP contribution in [0.4, 0.5) is 5.69 Å². The predicted molar refractivity (Wildman–Crippen MR) is 104 cm³/mol. The van der Waals surface area contributed by atoms with Crippen molar-refractivity contribution in [1.82, 2.24) is 4.90 Å². The first-order chi connectivity index (χ1) is 12.7. The lowest BCUT2D eigenvalue weighted by atomic mass is 10.0. The molecule has 1 fully saturated rings. The van der Waals surface area contributed by atoms with Crippen LogP contribution in [0.1, 0.15) is 30.9 Å². The Balaban J connectivity index is 1.36. The third-order valence-corrected chi connectivity index (χ3v) is 5.37. The Morgan fingerprint density at radius 3 is 2.96 bits per heavy atom. The molecule has 2 heterocycles. The van der Waals surface area contributed by atoms with Gasteiger partial charge in [-0.1, -0.05) is 28.1 Å². The van der Waals surface area contributed by atoms with Gasteiger partial charge in [-0.15, -0.1) is 0 Å². The number of likely N-dealkylation sites (tertiary alicyclic amines) is 1. The standard InChI is InChI=1S/C20H21BrN2O3/c21-15-3-1-4-16(12-15)22-20(24)8-10-23-9-2-5-17(23)14-6-7-18-19(11-14)26-13-25-18/h1,3-4,6-7,11-12,17H,2,5,8-10,13H2,(H,22,24). The van der Waals surface area contributed by atoms with E-state index >= 15 is 0 Å². The minimum absolute atomic E-state index is 0.0411. The first-order valence-electron chi connectivity index (χ1n) is 8.88. The van der Waals surface area contributed by atoms with Gasteiger partial charge in [-0.2, -0.15) is 0 Å². The van der Waals surface area contributed by atoms with E-state index in [0.29, 0.717) is 19.3 Å². The van der Waals surface area contributed by atoms with Gasteiger partial charge in [-0.05, 0) is 55.3 Å². The number of hydrogen-bond donors (Lipinski definition) is 1. The molecule has 4 rings (SSSR count). The summed E-state index contributed by atoms with van der Waals surface area (Å²) in [4.78, 5) is 14.7. The number of hydrogen-bond acceptors (Lipinski definition) is 4. The number of nitrogens with zero attached hydrogens (tertiary/aromatic N) is 1. The lowest BCUT2D eigenvalue weighted by Crippen LogP contribution is -2.27. The Kier molecular flexibility index (Phi) is 5.13. The maximum Gasteiger partial charge on any atom is 0.231 e. The molecular formula is C20H21BrN2O3. The fraction of sp³-hybridized carbons (Fsp3) is 0.350. The van der Waals surface area contributed by atoms with Crippen LogP contribution in [0.2, 0.25) is 0 Å². The van der Waals surface area contributed by atoms with E-state index in [9.17, 15) is 4.79 Å². The van der Waals surface area contributed by atoms with Crippen molar-refractivity contribution in [2.24, 2.45) is 0 Å². The highest BCUT2D eigenvalue weighted by Crippen LogP contribution is 2.38. The van der Waals surface area contributed by atoms with Crippen LogP contribution in [-0.2, 0) is 4.79 Å². The van der Waals surface area contributed by atoms with E-state index < -0.39 is 0 Å². The molecule has 2 aromatic rings. The molecule has 1 N–H and O–H groups in total. The maximum absolute atomic E-state index is 12.3. The zero-order valence-corrected chi connectivity index (χ0v) is 16.0. The van der Waals surface area contributed by atoms with Gasteiger partial charge in [-0.3, -0.25) is 9.69 Å². The number of benzene rings is 2. The minimum atomic E-state index is 0.0411. The van der Waals surface area contributed by atoms with Gasteiger partial charge < -0.3 is 14.8 Å². The Labute approximate surface area is 161 Å². The van der Waals surface area contributed by atoms with Gasteiger partial charge in [0.1, 0.15) is 0 Å². The third-order valence-electron chi connectivity index (χ3n) is 4.88. The molecule has 2 aliphatic heterocycles. The average Bonchev–Trinajstić information content (AvgIpc) is 3.28. The summed E-state index contributed by atoms with van der Waals surface area (Å²) < 4.78 is 11.9. The Morgan fingerprint density at radius 1 is 1.19 bits per heavy atom. The SMILES string of the molecule is O=C(CCN1CCCC1c1ccc2c(c1)OCO2)Nc1cccc(Br)c1. The van der Waals surface area contributed by atoms with E-state index in [1.807, 2.05) is 30.3 Å². The van der Waals surface area contributed by atoms with Gasteiger partial charge in [0, 0.05) is 29.2 Å². The summed E-state index contributed by atoms with van der Waals surface area (Å²) in [6.07, 6.45) is 2.73. The van der Waals surface area contributed by atoms with Crippen LogP contribution >= 0.6 is 15.9 Å². The van der Waals surface area contributed by atoms with Gasteiger partial charge in [0.15, 0.2) is 11.5 Å². The van der Waals surface area contributed by atoms with E-state index in [2.05, 4.69) is 38.3 Å². The molecule has 2 aromatic carbocycles. The van der Waals surface area contributed by atoms with Crippen molar-refractivity contribution in [3.63, 3.8) is 0 Å². The first-order valence-corrected chi connectivity index (χ1v) is 9.67. The molecular weight excluding hydrogens is 396 g/mol. The molecule has 1 saturated heterocycles. The van der Waals surface area contributed by atoms with Crippen molar-refractivity contribution in [2.45, 2.75) is 25.3 Å². The van der Waals surface area contributed by atoms with Crippen molar-refractivity contribution in [2.75, 3.05) is 25.2 Å². The molecule has 2 aliphatic rings. The van der Waals surface area contributed by atoms with E-state index in [-0.39, 0.29) is 5.91 Å². The normalized spacial score (nSPS) is 18.9. The summed E-state index contributed by atoms with van der Waals surface area (Å²) in [5.41, 5.74) is 2.05. The highest BCUT2D eigenvalue weighted by Gasteiger charge is 2.27. The fourth-order valence-corrected chi connectivity index (χ4v) is 4.03. The van der Waals surface area contributed by atoms with Crippen LogP contribution in [0.25, 0.3) is 0 Å². The molecule has 1 amide bonds. The van der Waals surface area contributed by atoms with E-state index in [1.165, 1.54) is 5.56 Å². The average molecular weight is 417 g/mol. The number of rotatable bonds is 5.